The highest BCUT2D eigenvalue weighted by Gasteiger charge is 2.06. The summed E-state index contributed by atoms with van der Waals surface area (Å²) in [4.78, 5) is 4.26. The van der Waals surface area contributed by atoms with Crippen molar-refractivity contribution in [3.63, 3.8) is 0 Å². The van der Waals surface area contributed by atoms with Crippen LogP contribution in [0.15, 0.2) is 35.6 Å². The average molecular weight is 278 g/mol. The largest absolute Gasteiger partial charge is 0.492 e. The lowest BCUT2D eigenvalue weighted by atomic mass is 10.2. The maximum Gasteiger partial charge on any atom is 0.168 e. The van der Waals surface area contributed by atoms with E-state index in [1.54, 1.807) is 18.0 Å². The first kappa shape index (κ1) is 14.0. The number of ether oxygens (including phenoxy) is 1. The summed E-state index contributed by atoms with van der Waals surface area (Å²) in [5, 5.41) is 9.99. The summed E-state index contributed by atoms with van der Waals surface area (Å²) < 4.78 is 7.63. The van der Waals surface area contributed by atoms with Crippen molar-refractivity contribution in [2.75, 3.05) is 12.4 Å². The SMILES string of the molecule is Cc1ccccc1OCCSc1ncc(CO)n1C. The first-order chi connectivity index (χ1) is 9.22. The topological polar surface area (TPSA) is 47.3 Å². The molecule has 0 radical (unpaired) electrons. The van der Waals surface area contributed by atoms with Gasteiger partial charge >= 0.3 is 0 Å². The van der Waals surface area contributed by atoms with Gasteiger partial charge in [0.1, 0.15) is 5.75 Å². The second-order valence-corrected chi connectivity index (χ2v) is 5.27. The first-order valence-corrected chi connectivity index (χ1v) is 7.13. The van der Waals surface area contributed by atoms with E-state index in [1.165, 1.54) is 0 Å². The number of aliphatic hydroxyl groups excluding tert-OH is 1. The van der Waals surface area contributed by atoms with Crippen LogP contribution in [0.2, 0.25) is 0 Å². The summed E-state index contributed by atoms with van der Waals surface area (Å²) in [6, 6.07) is 7.99. The molecule has 4 nitrogen and oxygen atoms in total. The summed E-state index contributed by atoms with van der Waals surface area (Å²) in [6.07, 6.45) is 1.70. The number of imidazole rings is 1. The highest BCUT2D eigenvalue weighted by atomic mass is 32.2. The molecule has 0 aliphatic heterocycles. The summed E-state index contributed by atoms with van der Waals surface area (Å²) in [6.45, 7) is 2.69. The third-order valence-electron chi connectivity index (χ3n) is 2.87. The van der Waals surface area contributed by atoms with Crippen LogP contribution < -0.4 is 4.74 Å². The zero-order chi connectivity index (χ0) is 13.7. The molecule has 1 heterocycles. The van der Waals surface area contributed by atoms with E-state index in [0.29, 0.717) is 6.61 Å². The minimum absolute atomic E-state index is 0.0176. The van der Waals surface area contributed by atoms with Crippen LogP contribution in [0.25, 0.3) is 0 Å². The molecule has 0 aliphatic rings. The number of rotatable bonds is 6. The van der Waals surface area contributed by atoms with Gasteiger partial charge in [0.2, 0.25) is 0 Å². The predicted molar refractivity (Wildman–Crippen MR) is 76.5 cm³/mol. The van der Waals surface area contributed by atoms with E-state index in [0.717, 1.165) is 27.9 Å². The number of aromatic nitrogens is 2. The van der Waals surface area contributed by atoms with Gasteiger partial charge in [-0.3, -0.25) is 0 Å². The molecule has 0 saturated heterocycles. The van der Waals surface area contributed by atoms with Crippen molar-refractivity contribution < 1.29 is 9.84 Å². The highest BCUT2D eigenvalue weighted by Crippen LogP contribution is 2.19. The zero-order valence-corrected chi connectivity index (χ0v) is 12.0. The Bertz CT molecular complexity index is 540. The molecular formula is C14H18N2O2S. The van der Waals surface area contributed by atoms with Crippen LogP contribution in [0, 0.1) is 6.92 Å². The zero-order valence-electron chi connectivity index (χ0n) is 11.2. The number of para-hydroxylation sites is 1. The molecule has 0 fully saturated rings. The monoisotopic (exact) mass is 278 g/mol. The third-order valence-corrected chi connectivity index (χ3v) is 3.88. The van der Waals surface area contributed by atoms with Gasteiger partial charge in [-0.15, -0.1) is 0 Å². The van der Waals surface area contributed by atoms with Crippen molar-refractivity contribution in [1.29, 1.82) is 0 Å². The average Bonchev–Trinajstić information content (AvgIpc) is 2.77. The number of aryl methyl sites for hydroxylation is 1. The second-order valence-electron chi connectivity index (χ2n) is 4.21. The Morgan fingerprint density at radius 1 is 1.37 bits per heavy atom. The molecule has 0 unspecified atom stereocenters. The van der Waals surface area contributed by atoms with Gasteiger partial charge in [0, 0.05) is 12.8 Å². The molecule has 5 heteroatoms. The Hall–Kier alpha value is -1.46. The summed E-state index contributed by atoms with van der Waals surface area (Å²) in [5.74, 6) is 1.75. The van der Waals surface area contributed by atoms with Crippen molar-refractivity contribution in [3.8, 4) is 5.75 Å². The Kier molecular flexibility index (Phi) is 4.87. The lowest BCUT2D eigenvalue weighted by Gasteiger charge is -2.08. The summed E-state index contributed by atoms with van der Waals surface area (Å²) in [5.41, 5.74) is 1.97. The van der Waals surface area contributed by atoms with Crippen molar-refractivity contribution in [2.24, 2.45) is 7.05 Å². The van der Waals surface area contributed by atoms with Crippen molar-refractivity contribution >= 4 is 11.8 Å². The number of aliphatic hydroxyl groups is 1. The molecule has 0 atom stereocenters. The molecule has 0 saturated carbocycles. The van der Waals surface area contributed by atoms with E-state index in [-0.39, 0.29) is 6.61 Å². The standard InChI is InChI=1S/C14H18N2O2S/c1-11-5-3-4-6-13(11)18-7-8-19-14-15-9-12(10-17)16(14)2/h3-6,9,17H,7-8,10H2,1-2H3. The highest BCUT2D eigenvalue weighted by molar-refractivity contribution is 7.99. The van der Waals surface area contributed by atoms with Gasteiger partial charge in [-0.2, -0.15) is 0 Å². The van der Waals surface area contributed by atoms with Gasteiger partial charge in [-0.05, 0) is 18.6 Å². The van der Waals surface area contributed by atoms with Crippen LogP contribution in [0.5, 0.6) is 5.75 Å². The van der Waals surface area contributed by atoms with E-state index in [2.05, 4.69) is 4.98 Å². The number of thioether (sulfide) groups is 1. The molecule has 2 rings (SSSR count). The van der Waals surface area contributed by atoms with E-state index < -0.39 is 0 Å². The minimum atomic E-state index is 0.0176. The van der Waals surface area contributed by atoms with Crippen LogP contribution in [0.4, 0.5) is 0 Å². The summed E-state index contributed by atoms with van der Waals surface area (Å²) in [7, 11) is 1.91. The van der Waals surface area contributed by atoms with E-state index in [1.807, 2.05) is 42.8 Å². The van der Waals surface area contributed by atoms with Gasteiger partial charge < -0.3 is 14.4 Å². The Morgan fingerprint density at radius 2 is 2.16 bits per heavy atom. The molecule has 0 amide bonds. The van der Waals surface area contributed by atoms with Gasteiger partial charge in [0.25, 0.3) is 0 Å². The number of hydrogen-bond donors (Lipinski definition) is 1. The first-order valence-electron chi connectivity index (χ1n) is 6.15. The smallest absolute Gasteiger partial charge is 0.168 e. The lowest BCUT2D eigenvalue weighted by Crippen LogP contribution is -2.03. The number of benzene rings is 1. The maximum absolute atomic E-state index is 9.09. The molecule has 1 N–H and O–H groups in total. The van der Waals surface area contributed by atoms with E-state index >= 15 is 0 Å². The van der Waals surface area contributed by atoms with E-state index in [4.69, 9.17) is 9.84 Å². The van der Waals surface area contributed by atoms with Crippen molar-refractivity contribution in [2.45, 2.75) is 18.7 Å². The molecular weight excluding hydrogens is 260 g/mol. The lowest BCUT2D eigenvalue weighted by molar-refractivity contribution is 0.271. The second kappa shape index (κ2) is 6.63. The molecule has 1 aromatic carbocycles. The molecule has 0 aliphatic carbocycles. The van der Waals surface area contributed by atoms with Crippen LogP contribution in [-0.2, 0) is 13.7 Å². The minimum Gasteiger partial charge on any atom is -0.492 e. The normalized spacial score (nSPS) is 10.7. The van der Waals surface area contributed by atoms with Crippen molar-refractivity contribution in [1.82, 2.24) is 9.55 Å². The van der Waals surface area contributed by atoms with Crippen LogP contribution >= 0.6 is 11.8 Å². The van der Waals surface area contributed by atoms with Crippen LogP contribution in [-0.4, -0.2) is 27.0 Å². The van der Waals surface area contributed by atoms with E-state index in [9.17, 15) is 0 Å². The van der Waals surface area contributed by atoms with Gasteiger partial charge in [-0.1, -0.05) is 30.0 Å². The van der Waals surface area contributed by atoms with Crippen LogP contribution in [0.1, 0.15) is 11.3 Å². The van der Waals surface area contributed by atoms with Crippen LogP contribution in [0.3, 0.4) is 0 Å². The fourth-order valence-corrected chi connectivity index (χ4v) is 2.50. The number of hydrogen-bond acceptors (Lipinski definition) is 4. The van der Waals surface area contributed by atoms with Crippen molar-refractivity contribution in [3.05, 3.63) is 41.7 Å². The Morgan fingerprint density at radius 3 is 2.84 bits per heavy atom. The molecule has 1 aromatic heterocycles. The molecule has 19 heavy (non-hydrogen) atoms. The summed E-state index contributed by atoms with van der Waals surface area (Å²) >= 11 is 1.62. The molecule has 102 valence electrons. The fourth-order valence-electron chi connectivity index (χ4n) is 1.71. The van der Waals surface area contributed by atoms with Gasteiger partial charge in [0.15, 0.2) is 5.16 Å². The molecule has 0 bridgehead atoms. The number of nitrogens with zero attached hydrogens (tertiary/aromatic N) is 2. The predicted octanol–water partition coefficient (Wildman–Crippen LogP) is 2.39. The fraction of sp³-hybridized carbons (Fsp3) is 0.357. The maximum atomic E-state index is 9.09. The Labute approximate surface area is 117 Å². The molecule has 2 aromatic rings. The Balaban J connectivity index is 1.81. The van der Waals surface area contributed by atoms with Gasteiger partial charge in [0.05, 0.1) is 25.1 Å². The third kappa shape index (κ3) is 3.52. The molecule has 0 spiro atoms. The quantitative estimate of drug-likeness (QED) is 0.651. The van der Waals surface area contributed by atoms with Gasteiger partial charge in [-0.25, -0.2) is 4.98 Å².